The lowest BCUT2D eigenvalue weighted by molar-refractivity contribution is -0.143. The minimum absolute atomic E-state index is 0.251. The number of aryl methyl sites for hydroxylation is 1. The highest BCUT2D eigenvalue weighted by Crippen LogP contribution is 2.31. The molecule has 1 aliphatic heterocycles. The third-order valence-corrected chi connectivity index (χ3v) is 4.09. The van der Waals surface area contributed by atoms with E-state index in [0.717, 1.165) is 42.8 Å². The van der Waals surface area contributed by atoms with Crippen LogP contribution in [-0.4, -0.2) is 43.3 Å². The van der Waals surface area contributed by atoms with Crippen LogP contribution in [0, 0.1) is 12.8 Å². The Bertz CT molecular complexity index is 515. The van der Waals surface area contributed by atoms with Crippen LogP contribution in [0.1, 0.15) is 24.0 Å². The summed E-state index contributed by atoms with van der Waals surface area (Å²) < 4.78 is 10.6. The molecule has 0 saturated carbocycles. The average molecular weight is 293 g/mol. The predicted octanol–water partition coefficient (Wildman–Crippen LogP) is 2.31. The van der Waals surface area contributed by atoms with Crippen LogP contribution in [0.4, 0.5) is 0 Å². The van der Waals surface area contributed by atoms with Crippen LogP contribution in [0.25, 0.3) is 0 Å². The number of nitrogens with zero attached hydrogens (tertiary/aromatic N) is 1. The second kappa shape index (κ2) is 6.80. The van der Waals surface area contributed by atoms with Gasteiger partial charge in [-0.1, -0.05) is 0 Å². The van der Waals surface area contributed by atoms with E-state index in [2.05, 4.69) is 4.90 Å². The Kier molecular flexibility index (Phi) is 5.07. The van der Waals surface area contributed by atoms with E-state index in [9.17, 15) is 4.79 Å². The fourth-order valence-electron chi connectivity index (χ4n) is 2.83. The highest BCUT2D eigenvalue weighted by Gasteiger charge is 2.25. The lowest BCUT2D eigenvalue weighted by atomic mass is 9.97. The van der Waals surface area contributed by atoms with Crippen LogP contribution >= 0.6 is 0 Å². The van der Waals surface area contributed by atoms with E-state index in [1.165, 1.54) is 0 Å². The number of ether oxygens (including phenoxy) is 2. The van der Waals surface area contributed by atoms with Crippen molar-refractivity contribution in [1.82, 2.24) is 4.90 Å². The molecule has 1 unspecified atom stereocenters. The van der Waals surface area contributed by atoms with Gasteiger partial charge in [-0.05, 0) is 49.6 Å². The minimum Gasteiger partial charge on any atom is -0.493 e. The molecule has 2 rings (SSSR count). The molecule has 1 atom stereocenters. The highest BCUT2D eigenvalue weighted by atomic mass is 16.5. The summed E-state index contributed by atoms with van der Waals surface area (Å²) >= 11 is 0. The van der Waals surface area contributed by atoms with Gasteiger partial charge in [-0.3, -0.25) is 9.69 Å². The van der Waals surface area contributed by atoms with Crippen molar-refractivity contribution in [1.29, 1.82) is 0 Å². The molecule has 116 valence electrons. The summed E-state index contributed by atoms with van der Waals surface area (Å²) in [5.74, 6) is 0.494. The van der Waals surface area contributed by atoms with Crippen molar-refractivity contribution >= 4 is 5.97 Å². The second-order valence-electron chi connectivity index (χ2n) is 5.55. The van der Waals surface area contributed by atoms with Gasteiger partial charge in [0.25, 0.3) is 0 Å². The Morgan fingerprint density at radius 1 is 1.33 bits per heavy atom. The summed E-state index contributed by atoms with van der Waals surface area (Å²) in [5, 5.41) is 9.16. The maximum absolute atomic E-state index is 11.1. The van der Waals surface area contributed by atoms with Gasteiger partial charge in [-0.15, -0.1) is 0 Å². The number of rotatable bonds is 5. The Morgan fingerprint density at radius 2 is 2.00 bits per heavy atom. The summed E-state index contributed by atoms with van der Waals surface area (Å²) in [5.41, 5.74) is 2.28. The number of piperidine rings is 1. The normalized spacial score (nSPS) is 19.3. The van der Waals surface area contributed by atoms with Gasteiger partial charge in [-0.25, -0.2) is 0 Å². The Hall–Kier alpha value is -1.75. The summed E-state index contributed by atoms with van der Waals surface area (Å²) in [4.78, 5) is 13.3. The van der Waals surface area contributed by atoms with Gasteiger partial charge in [0, 0.05) is 13.1 Å². The molecule has 1 aliphatic rings. The predicted molar refractivity (Wildman–Crippen MR) is 79.9 cm³/mol. The van der Waals surface area contributed by atoms with E-state index in [1.54, 1.807) is 14.2 Å². The molecule has 0 aromatic heterocycles. The van der Waals surface area contributed by atoms with E-state index in [-0.39, 0.29) is 5.92 Å². The average Bonchev–Trinajstić information content (AvgIpc) is 2.49. The smallest absolute Gasteiger partial charge is 0.307 e. The molecule has 0 amide bonds. The molecule has 0 spiro atoms. The van der Waals surface area contributed by atoms with Crippen LogP contribution in [0.2, 0.25) is 0 Å². The highest BCUT2D eigenvalue weighted by molar-refractivity contribution is 5.70. The first kappa shape index (κ1) is 15.6. The van der Waals surface area contributed by atoms with Crippen LogP contribution < -0.4 is 9.47 Å². The number of hydrogen-bond donors (Lipinski definition) is 1. The molecule has 1 aromatic carbocycles. The number of carbonyl (C=O) groups is 1. The summed E-state index contributed by atoms with van der Waals surface area (Å²) in [7, 11) is 3.25. The third kappa shape index (κ3) is 3.67. The standard InChI is InChI=1S/C16H23NO4/c1-11-7-14(20-2)15(21-3)8-13(11)10-17-6-4-5-12(9-17)16(18)19/h7-8,12H,4-6,9-10H2,1-3H3,(H,18,19). The zero-order valence-electron chi connectivity index (χ0n) is 12.9. The minimum atomic E-state index is -0.691. The quantitative estimate of drug-likeness (QED) is 0.902. The first-order chi connectivity index (χ1) is 10.0. The zero-order chi connectivity index (χ0) is 15.4. The molecule has 0 bridgehead atoms. The monoisotopic (exact) mass is 293 g/mol. The Labute approximate surface area is 125 Å². The molecule has 5 nitrogen and oxygen atoms in total. The molecular weight excluding hydrogens is 270 g/mol. The number of aliphatic carboxylic acids is 1. The number of likely N-dealkylation sites (tertiary alicyclic amines) is 1. The fourth-order valence-corrected chi connectivity index (χ4v) is 2.83. The first-order valence-corrected chi connectivity index (χ1v) is 7.21. The zero-order valence-corrected chi connectivity index (χ0v) is 12.9. The van der Waals surface area contributed by atoms with Crippen molar-refractivity contribution in [2.24, 2.45) is 5.92 Å². The number of benzene rings is 1. The molecule has 1 aromatic rings. The molecule has 1 saturated heterocycles. The van der Waals surface area contributed by atoms with Crippen LogP contribution in [0.5, 0.6) is 11.5 Å². The molecule has 1 fully saturated rings. The van der Waals surface area contributed by atoms with Gasteiger partial charge in [0.2, 0.25) is 0 Å². The molecule has 1 heterocycles. The van der Waals surface area contributed by atoms with Crippen LogP contribution in [0.15, 0.2) is 12.1 Å². The molecule has 21 heavy (non-hydrogen) atoms. The largest absolute Gasteiger partial charge is 0.493 e. The third-order valence-electron chi connectivity index (χ3n) is 4.09. The van der Waals surface area contributed by atoms with Crippen LogP contribution in [0.3, 0.4) is 0 Å². The molecule has 1 N–H and O–H groups in total. The van der Waals surface area contributed by atoms with E-state index in [4.69, 9.17) is 14.6 Å². The van der Waals surface area contributed by atoms with Crippen molar-refractivity contribution in [3.8, 4) is 11.5 Å². The van der Waals surface area contributed by atoms with Gasteiger partial charge in [0.15, 0.2) is 11.5 Å². The van der Waals surface area contributed by atoms with Crippen molar-refractivity contribution in [3.05, 3.63) is 23.3 Å². The lowest BCUT2D eigenvalue weighted by Gasteiger charge is -2.31. The number of methoxy groups -OCH3 is 2. The van der Waals surface area contributed by atoms with E-state index >= 15 is 0 Å². The van der Waals surface area contributed by atoms with Gasteiger partial charge in [0.05, 0.1) is 20.1 Å². The SMILES string of the molecule is COc1cc(C)c(CN2CCCC(C(=O)O)C2)cc1OC. The maximum atomic E-state index is 11.1. The Balaban J connectivity index is 2.13. The Morgan fingerprint density at radius 3 is 2.62 bits per heavy atom. The summed E-state index contributed by atoms with van der Waals surface area (Å²) in [6, 6.07) is 3.95. The number of carboxylic acids is 1. The number of carboxylic acid groups (broad SMARTS) is 1. The molecule has 0 aliphatic carbocycles. The summed E-state index contributed by atoms with van der Waals surface area (Å²) in [6.45, 7) is 4.34. The van der Waals surface area contributed by atoms with Gasteiger partial charge in [0.1, 0.15) is 0 Å². The van der Waals surface area contributed by atoms with Crippen LogP contribution in [-0.2, 0) is 11.3 Å². The van der Waals surface area contributed by atoms with Gasteiger partial charge < -0.3 is 14.6 Å². The molecule has 0 radical (unpaired) electrons. The topological polar surface area (TPSA) is 59.0 Å². The van der Waals surface area contributed by atoms with E-state index in [1.807, 2.05) is 19.1 Å². The van der Waals surface area contributed by atoms with Gasteiger partial charge >= 0.3 is 5.97 Å². The van der Waals surface area contributed by atoms with Crippen molar-refractivity contribution in [2.75, 3.05) is 27.3 Å². The second-order valence-corrected chi connectivity index (χ2v) is 5.55. The fraction of sp³-hybridized carbons (Fsp3) is 0.562. The van der Waals surface area contributed by atoms with E-state index < -0.39 is 5.97 Å². The van der Waals surface area contributed by atoms with Gasteiger partial charge in [-0.2, -0.15) is 0 Å². The number of hydrogen-bond acceptors (Lipinski definition) is 4. The first-order valence-electron chi connectivity index (χ1n) is 7.21. The molecular formula is C16H23NO4. The van der Waals surface area contributed by atoms with Crippen molar-refractivity contribution in [3.63, 3.8) is 0 Å². The molecule has 5 heteroatoms. The maximum Gasteiger partial charge on any atom is 0.307 e. The summed E-state index contributed by atoms with van der Waals surface area (Å²) in [6.07, 6.45) is 1.71. The van der Waals surface area contributed by atoms with E-state index in [0.29, 0.717) is 12.3 Å². The van der Waals surface area contributed by atoms with Crippen molar-refractivity contribution < 1.29 is 19.4 Å². The van der Waals surface area contributed by atoms with Crippen molar-refractivity contribution in [2.45, 2.75) is 26.3 Å². The lowest BCUT2D eigenvalue weighted by Crippen LogP contribution is -2.38.